The molecule has 5 rings (SSSR count). The SMILES string of the molecule is C=CCN1C(=O)[C@@]2(C(=C(O)c3ccccc3)C(=O)C(=O)N2CCCN2CCOCC2)c2ccccc21. The molecular formula is C28H29N3O5. The van der Waals surface area contributed by atoms with Gasteiger partial charge in [0.1, 0.15) is 5.76 Å². The van der Waals surface area contributed by atoms with Crippen LogP contribution >= 0.6 is 0 Å². The highest BCUT2D eigenvalue weighted by Gasteiger charge is 2.66. The molecule has 0 unspecified atom stereocenters. The number of fused-ring (bicyclic) bond motifs is 2. The van der Waals surface area contributed by atoms with Gasteiger partial charge in [-0.3, -0.25) is 19.3 Å². The first-order chi connectivity index (χ1) is 17.5. The summed E-state index contributed by atoms with van der Waals surface area (Å²) in [5.74, 6) is -2.43. The Balaban J connectivity index is 1.65. The number of ether oxygens (including phenoxy) is 1. The standard InChI is InChI=1S/C28H29N3O5/c1-2-13-30-22-12-7-6-11-21(22)28(27(30)35)23(24(32)20-9-4-3-5-10-20)25(33)26(34)31(28)15-8-14-29-16-18-36-19-17-29/h2-7,9-12,32H,1,8,13-19H2/t28-/m0/s1. The number of ketones is 1. The van der Waals surface area contributed by atoms with Crippen LogP contribution in [0.2, 0.25) is 0 Å². The number of anilines is 1. The Kier molecular flexibility index (Phi) is 6.47. The molecule has 1 N–H and O–H groups in total. The summed E-state index contributed by atoms with van der Waals surface area (Å²) in [6.07, 6.45) is 2.17. The highest BCUT2D eigenvalue weighted by atomic mass is 16.5. The summed E-state index contributed by atoms with van der Waals surface area (Å²) in [7, 11) is 0. The highest BCUT2D eigenvalue weighted by Crippen LogP contribution is 2.53. The number of carbonyl (C=O) groups is 3. The largest absolute Gasteiger partial charge is 0.507 e. The number of para-hydroxylation sites is 1. The summed E-state index contributed by atoms with van der Waals surface area (Å²) in [4.78, 5) is 46.5. The molecule has 0 aliphatic carbocycles. The number of benzene rings is 2. The lowest BCUT2D eigenvalue weighted by Gasteiger charge is -2.35. The maximum Gasteiger partial charge on any atom is 0.296 e. The molecule has 2 aromatic rings. The van der Waals surface area contributed by atoms with Crippen LogP contribution in [0.1, 0.15) is 17.5 Å². The summed E-state index contributed by atoms with van der Waals surface area (Å²) in [5.41, 5.74) is -0.440. The fourth-order valence-corrected chi connectivity index (χ4v) is 5.49. The van der Waals surface area contributed by atoms with Crippen molar-refractivity contribution < 1.29 is 24.2 Å². The summed E-state index contributed by atoms with van der Waals surface area (Å²) in [5, 5.41) is 11.4. The predicted octanol–water partition coefficient (Wildman–Crippen LogP) is 2.52. The monoisotopic (exact) mass is 487 g/mol. The number of carbonyl (C=O) groups excluding carboxylic acids is 3. The molecule has 2 saturated heterocycles. The number of nitrogens with zero attached hydrogens (tertiary/aromatic N) is 3. The summed E-state index contributed by atoms with van der Waals surface area (Å²) < 4.78 is 5.41. The Bertz CT molecular complexity index is 1230. The van der Waals surface area contributed by atoms with E-state index in [0.29, 0.717) is 43.0 Å². The fourth-order valence-electron chi connectivity index (χ4n) is 5.49. The zero-order valence-corrected chi connectivity index (χ0v) is 20.1. The van der Waals surface area contributed by atoms with Crippen molar-refractivity contribution >= 4 is 29.0 Å². The second kappa shape index (κ2) is 9.72. The molecule has 186 valence electrons. The van der Waals surface area contributed by atoms with E-state index in [0.717, 1.165) is 13.1 Å². The number of amides is 2. The molecule has 0 aromatic heterocycles. The third-order valence-corrected chi connectivity index (χ3v) is 7.13. The molecule has 8 heteroatoms. The summed E-state index contributed by atoms with van der Waals surface area (Å²) >= 11 is 0. The highest BCUT2D eigenvalue weighted by molar-refractivity contribution is 6.50. The van der Waals surface area contributed by atoms with Crippen LogP contribution in [0.5, 0.6) is 0 Å². The summed E-state index contributed by atoms with van der Waals surface area (Å²) in [6, 6.07) is 15.7. The van der Waals surface area contributed by atoms with E-state index in [4.69, 9.17) is 4.74 Å². The molecule has 2 fully saturated rings. The van der Waals surface area contributed by atoms with Gasteiger partial charge in [0, 0.05) is 43.9 Å². The summed E-state index contributed by atoms with van der Waals surface area (Å²) in [6.45, 7) is 7.79. The number of rotatable bonds is 7. The lowest BCUT2D eigenvalue weighted by Crippen LogP contribution is -2.52. The molecule has 0 bridgehead atoms. The van der Waals surface area contributed by atoms with Gasteiger partial charge in [0.2, 0.25) is 0 Å². The van der Waals surface area contributed by atoms with Gasteiger partial charge in [-0.05, 0) is 12.5 Å². The molecular weight excluding hydrogens is 458 g/mol. The van der Waals surface area contributed by atoms with Crippen molar-refractivity contribution in [3.05, 3.63) is 84.0 Å². The quantitative estimate of drug-likeness (QED) is 0.279. The molecule has 0 saturated carbocycles. The predicted molar refractivity (Wildman–Crippen MR) is 135 cm³/mol. The van der Waals surface area contributed by atoms with Crippen LogP contribution in [0.25, 0.3) is 5.76 Å². The number of likely N-dealkylation sites (tertiary alicyclic amines) is 1. The minimum absolute atomic E-state index is 0.186. The Morgan fingerprint density at radius 3 is 2.42 bits per heavy atom. The number of aliphatic hydroxyl groups excluding tert-OH is 1. The minimum Gasteiger partial charge on any atom is -0.507 e. The molecule has 3 aliphatic rings. The van der Waals surface area contributed by atoms with Crippen LogP contribution in [0, 0.1) is 0 Å². The van der Waals surface area contributed by atoms with Crippen molar-refractivity contribution in [2.75, 3.05) is 50.8 Å². The normalized spacial score (nSPS) is 23.5. The maximum atomic E-state index is 14.2. The second-order valence-electron chi connectivity index (χ2n) is 9.12. The Hall–Kier alpha value is -3.75. The Morgan fingerprint density at radius 2 is 1.69 bits per heavy atom. The van der Waals surface area contributed by atoms with E-state index in [1.54, 1.807) is 54.6 Å². The lowest BCUT2D eigenvalue weighted by atomic mass is 9.82. The number of Topliss-reactive ketones (excluding diaryl/α,β-unsaturated/α-hetero) is 1. The molecule has 36 heavy (non-hydrogen) atoms. The molecule has 2 aromatic carbocycles. The van der Waals surface area contributed by atoms with E-state index in [1.807, 2.05) is 6.07 Å². The molecule has 3 aliphatic heterocycles. The third-order valence-electron chi connectivity index (χ3n) is 7.13. The maximum absolute atomic E-state index is 14.2. The smallest absolute Gasteiger partial charge is 0.296 e. The second-order valence-corrected chi connectivity index (χ2v) is 9.12. The molecule has 8 nitrogen and oxygen atoms in total. The minimum atomic E-state index is -1.74. The zero-order valence-electron chi connectivity index (χ0n) is 20.1. The molecule has 2 amide bonds. The first-order valence-electron chi connectivity index (χ1n) is 12.2. The van der Waals surface area contributed by atoms with Gasteiger partial charge in [-0.15, -0.1) is 6.58 Å². The van der Waals surface area contributed by atoms with E-state index in [-0.39, 0.29) is 24.4 Å². The molecule has 3 heterocycles. The van der Waals surface area contributed by atoms with Gasteiger partial charge in [-0.2, -0.15) is 0 Å². The van der Waals surface area contributed by atoms with Gasteiger partial charge < -0.3 is 19.6 Å². The van der Waals surface area contributed by atoms with Crippen molar-refractivity contribution in [1.82, 2.24) is 9.80 Å². The van der Waals surface area contributed by atoms with E-state index in [1.165, 1.54) is 9.80 Å². The molecule has 0 radical (unpaired) electrons. The number of hydrogen-bond acceptors (Lipinski definition) is 6. The van der Waals surface area contributed by atoms with Crippen LogP contribution < -0.4 is 4.90 Å². The average molecular weight is 488 g/mol. The van der Waals surface area contributed by atoms with Crippen molar-refractivity contribution in [1.29, 1.82) is 0 Å². The zero-order chi connectivity index (χ0) is 25.3. The van der Waals surface area contributed by atoms with Crippen LogP contribution in [0.15, 0.2) is 72.8 Å². The Labute approximate surface area is 210 Å². The van der Waals surface area contributed by atoms with Gasteiger partial charge in [0.15, 0.2) is 5.54 Å². The van der Waals surface area contributed by atoms with E-state index < -0.39 is 23.1 Å². The van der Waals surface area contributed by atoms with Crippen LogP contribution in [-0.2, 0) is 24.7 Å². The topological polar surface area (TPSA) is 90.4 Å². The van der Waals surface area contributed by atoms with Gasteiger partial charge in [-0.1, -0.05) is 54.6 Å². The number of hydrogen-bond donors (Lipinski definition) is 1. The molecule has 1 spiro atoms. The first kappa shape index (κ1) is 24.0. The van der Waals surface area contributed by atoms with Crippen LogP contribution in [0.3, 0.4) is 0 Å². The van der Waals surface area contributed by atoms with Crippen molar-refractivity contribution in [2.45, 2.75) is 12.0 Å². The van der Waals surface area contributed by atoms with Crippen molar-refractivity contribution in [2.24, 2.45) is 0 Å². The van der Waals surface area contributed by atoms with E-state index >= 15 is 0 Å². The average Bonchev–Trinajstić information content (AvgIpc) is 3.29. The van der Waals surface area contributed by atoms with E-state index in [2.05, 4.69) is 11.5 Å². The van der Waals surface area contributed by atoms with E-state index in [9.17, 15) is 19.5 Å². The van der Waals surface area contributed by atoms with Crippen molar-refractivity contribution in [3.8, 4) is 0 Å². The first-order valence-corrected chi connectivity index (χ1v) is 12.2. The fraction of sp³-hybridized carbons (Fsp3) is 0.321. The third kappa shape index (κ3) is 3.65. The van der Waals surface area contributed by atoms with Gasteiger partial charge >= 0.3 is 0 Å². The Morgan fingerprint density at radius 1 is 1.00 bits per heavy atom. The van der Waals surface area contributed by atoms with Crippen LogP contribution in [0.4, 0.5) is 5.69 Å². The molecule has 1 atom stereocenters. The lowest BCUT2D eigenvalue weighted by molar-refractivity contribution is -0.143. The number of morpholine rings is 1. The number of aliphatic hydroxyl groups is 1. The van der Waals surface area contributed by atoms with Crippen molar-refractivity contribution in [3.63, 3.8) is 0 Å². The van der Waals surface area contributed by atoms with Crippen LogP contribution in [-0.4, -0.2) is 78.4 Å². The van der Waals surface area contributed by atoms with Gasteiger partial charge in [-0.25, -0.2) is 0 Å². The van der Waals surface area contributed by atoms with Gasteiger partial charge in [0.05, 0.1) is 24.5 Å². The van der Waals surface area contributed by atoms with Gasteiger partial charge in [0.25, 0.3) is 17.6 Å².